The minimum absolute atomic E-state index is 0.0486. The first kappa shape index (κ1) is 18.8. The van der Waals surface area contributed by atoms with Crippen molar-refractivity contribution in [2.75, 3.05) is 19.8 Å². The van der Waals surface area contributed by atoms with E-state index in [1.807, 2.05) is 37.3 Å². The van der Waals surface area contributed by atoms with Crippen LogP contribution in [0.4, 0.5) is 0 Å². The van der Waals surface area contributed by atoms with Crippen LogP contribution in [0.5, 0.6) is 0 Å². The topological polar surface area (TPSA) is 76.7 Å². The molecule has 1 saturated heterocycles. The Labute approximate surface area is 137 Å². The van der Waals surface area contributed by atoms with Crippen molar-refractivity contribution in [2.24, 2.45) is 5.73 Å². The number of rotatable bonds is 5. The van der Waals surface area contributed by atoms with E-state index < -0.39 is 0 Å². The Kier molecular flexibility index (Phi) is 9.74. The number of ether oxygens (including phenoxy) is 2. The molecule has 2 unspecified atom stereocenters. The molecule has 0 spiro atoms. The molecule has 0 radical (unpaired) electrons. The molecular weight excluding hydrogens is 300 g/mol. The summed E-state index contributed by atoms with van der Waals surface area (Å²) in [6, 6.07) is 10.1. The highest BCUT2D eigenvalue weighted by Crippen LogP contribution is 2.14. The molecule has 1 aliphatic rings. The van der Waals surface area contributed by atoms with Gasteiger partial charge in [0.1, 0.15) is 0 Å². The van der Waals surface area contributed by atoms with Crippen LogP contribution in [-0.4, -0.2) is 42.2 Å². The summed E-state index contributed by atoms with van der Waals surface area (Å²) in [6.45, 7) is 4.57. The summed E-state index contributed by atoms with van der Waals surface area (Å²) < 4.78 is 11.1. The fraction of sp³-hybridized carbons (Fsp3) is 0.562. The second-order valence-electron chi connectivity index (χ2n) is 5.07. The van der Waals surface area contributed by atoms with Crippen molar-refractivity contribution >= 4 is 17.3 Å². The fourth-order valence-corrected chi connectivity index (χ4v) is 2.18. The molecule has 1 aromatic rings. The number of nitrogens with two attached hydrogens (primary N) is 1. The maximum atomic E-state index is 9.46. The number of aliphatic hydroxyl groups is 1. The van der Waals surface area contributed by atoms with Gasteiger partial charge in [-0.25, -0.2) is 0 Å². The number of thiocarbonyl (C=S) groups is 1. The molecule has 0 amide bonds. The molecule has 1 heterocycles. The zero-order chi connectivity index (χ0) is 16.2. The highest BCUT2D eigenvalue weighted by molar-refractivity contribution is 7.80. The van der Waals surface area contributed by atoms with Gasteiger partial charge in [-0.3, -0.25) is 0 Å². The van der Waals surface area contributed by atoms with Crippen molar-refractivity contribution in [3.05, 3.63) is 35.9 Å². The molecule has 0 aliphatic carbocycles. The third kappa shape index (κ3) is 8.94. The molecule has 5 nitrogen and oxygen atoms in total. The maximum Gasteiger partial charge on any atom is 0.163 e. The second-order valence-corrected chi connectivity index (χ2v) is 5.51. The third-order valence-electron chi connectivity index (χ3n) is 3.11. The van der Waals surface area contributed by atoms with Gasteiger partial charge < -0.3 is 25.6 Å². The summed E-state index contributed by atoms with van der Waals surface area (Å²) in [6.07, 6.45) is 1.26. The molecule has 6 heteroatoms. The Morgan fingerprint density at radius 3 is 2.73 bits per heavy atom. The quantitative estimate of drug-likeness (QED) is 0.713. The zero-order valence-corrected chi connectivity index (χ0v) is 13.8. The molecule has 1 aromatic carbocycles. The lowest BCUT2D eigenvalue weighted by Gasteiger charge is -2.26. The van der Waals surface area contributed by atoms with Crippen LogP contribution >= 0.6 is 12.2 Å². The Morgan fingerprint density at radius 1 is 1.45 bits per heavy atom. The molecule has 1 fully saturated rings. The van der Waals surface area contributed by atoms with Gasteiger partial charge in [0.15, 0.2) is 5.11 Å². The normalized spacial score (nSPS) is 20.6. The highest BCUT2D eigenvalue weighted by Gasteiger charge is 2.20. The van der Waals surface area contributed by atoms with E-state index in [0.717, 1.165) is 13.0 Å². The summed E-state index contributed by atoms with van der Waals surface area (Å²) in [7, 11) is 0. The van der Waals surface area contributed by atoms with Gasteiger partial charge in [0.2, 0.25) is 0 Å². The standard InChI is InChI=1S/C13H18O3.C3H8N2S/c14-12-6-7-16-13(8-12)10-15-9-11-4-2-1-3-5-11;1-2-5-3(4)6/h1-5,12-14H,6-10H2;2H2,1H3,(H3,4,5,6). The van der Waals surface area contributed by atoms with E-state index in [4.69, 9.17) is 15.2 Å². The van der Waals surface area contributed by atoms with Crippen LogP contribution in [0.15, 0.2) is 30.3 Å². The molecule has 0 bridgehead atoms. The number of nitrogens with one attached hydrogen (secondary N) is 1. The Morgan fingerprint density at radius 2 is 2.18 bits per heavy atom. The largest absolute Gasteiger partial charge is 0.393 e. The molecule has 124 valence electrons. The molecule has 0 saturated carbocycles. The van der Waals surface area contributed by atoms with E-state index in [1.165, 1.54) is 5.56 Å². The van der Waals surface area contributed by atoms with Crippen molar-refractivity contribution in [2.45, 2.75) is 38.6 Å². The minimum atomic E-state index is -0.223. The number of hydrogen-bond acceptors (Lipinski definition) is 4. The first-order chi connectivity index (χ1) is 10.6. The maximum absolute atomic E-state index is 9.46. The molecular formula is C16H26N2O3S. The van der Waals surface area contributed by atoms with E-state index in [1.54, 1.807) is 0 Å². The van der Waals surface area contributed by atoms with Crippen LogP contribution in [0.1, 0.15) is 25.3 Å². The van der Waals surface area contributed by atoms with Gasteiger partial charge >= 0.3 is 0 Å². The van der Waals surface area contributed by atoms with E-state index in [2.05, 4.69) is 17.5 Å². The number of benzene rings is 1. The lowest BCUT2D eigenvalue weighted by molar-refractivity contribution is -0.0811. The highest BCUT2D eigenvalue weighted by atomic mass is 32.1. The van der Waals surface area contributed by atoms with Crippen molar-refractivity contribution in [1.29, 1.82) is 0 Å². The first-order valence-electron chi connectivity index (χ1n) is 7.56. The van der Waals surface area contributed by atoms with Crippen LogP contribution in [0.2, 0.25) is 0 Å². The number of hydrogen-bond donors (Lipinski definition) is 3. The smallest absolute Gasteiger partial charge is 0.163 e. The summed E-state index contributed by atoms with van der Waals surface area (Å²) in [4.78, 5) is 0. The van der Waals surface area contributed by atoms with Crippen LogP contribution in [0.3, 0.4) is 0 Å². The molecule has 1 aliphatic heterocycles. The van der Waals surface area contributed by atoms with Crippen LogP contribution in [-0.2, 0) is 16.1 Å². The fourth-order valence-electron chi connectivity index (χ4n) is 2.03. The summed E-state index contributed by atoms with van der Waals surface area (Å²) >= 11 is 4.46. The monoisotopic (exact) mass is 326 g/mol. The van der Waals surface area contributed by atoms with Gasteiger partial charge in [-0.15, -0.1) is 0 Å². The number of aliphatic hydroxyl groups excluding tert-OH is 1. The van der Waals surface area contributed by atoms with Gasteiger partial charge in [0.25, 0.3) is 0 Å². The average molecular weight is 326 g/mol. The van der Waals surface area contributed by atoms with Gasteiger partial charge in [0.05, 0.1) is 25.4 Å². The van der Waals surface area contributed by atoms with Gasteiger partial charge in [-0.1, -0.05) is 30.3 Å². The predicted molar refractivity (Wildman–Crippen MR) is 91.5 cm³/mol. The Hall–Kier alpha value is -1.21. The van der Waals surface area contributed by atoms with Crippen molar-refractivity contribution in [3.63, 3.8) is 0 Å². The summed E-state index contributed by atoms with van der Waals surface area (Å²) in [5, 5.41) is 12.6. The third-order valence-corrected chi connectivity index (χ3v) is 3.25. The first-order valence-corrected chi connectivity index (χ1v) is 7.97. The molecule has 2 atom stereocenters. The van der Waals surface area contributed by atoms with E-state index in [-0.39, 0.29) is 12.2 Å². The van der Waals surface area contributed by atoms with Crippen molar-refractivity contribution in [3.8, 4) is 0 Å². The molecule has 4 N–H and O–H groups in total. The van der Waals surface area contributed by atoms with E-state index in [9.17, 15) is 5.11 Å². The van der Waals surface area contributed by atoms with Crippen LogP contribution in [0.25, 0.3) is 0 Å². The average Bonchev–Trinajstić information content (AvgIpc) is 2.49. The molecule has 2 rings (SSSR count). The van der Waals surface area contributed by atoms with Crippen molar-refractivity contribution in [1.82, 2.24) is 5.32 Å². The summed E-state index contributed by atoms with van der Waals surface area (Å²) in [5.74, 6) is 0. The zero-order valence-electron chi connectivity index (χ0n) is 13.0. The Bertz CT molecular complexity index is 417. The van der Waals surface area contributed by atoms with E-state index >= 15 is 0 Å². The van der Waals surface area contributed by atoms with Crippen LogP contribution < -0.4 is 11.1 Å². The van der Waals surface area contributed by atoms with Gasteiger partial charge in [-0.05, 0) is 31.1 Å². The summed E-state index contributed by atoms with van der Waals surface area (Å²) in [5.41, 5.74) is 6.19. The SMILES string of the molecule is CCNC(N)=S.OC1CCOC(COCc2ccccc2)C1. The second kappa shape index (κ2) is 11.4. The lowest BCUT2D eigenvalue weighted by atomic mass is 10.1. The molecule has 22 heavy (non-hydrogen) atoms. The lowest BCUT2D eigenvalue weighted by Crippen LogP contribution is -2.32. The van der Waals surface area contributed by atoms with Crippen molar-refractivity contribution < 1.29 is 14.6 Å². The van der Waals surface area contributed by atoms with Crippen LogP contribution in [0, 0.1) is 0 Å². The van der Waals surface area contributed by atoms with Gasteiger partial charge in [0, 0.05) is 19.6 Å². The predicted octanol–water partition coefficient (Wildman–Crippen LogP) is 1.58. The molecule has 0 aromatic heterocycles. The Balaban J connectivity index is 0.000000346. The minimum Gasteiger partial charge on any atom is -0.393 e. The van der Waals surface area contributed by atoms with Gasteiger partial charge in [-0.2, -0.15) is 0 Å². The van der Waals surface area contributed by atoms with E-state index in [0.29, 0.717) is 31.4 Å².